The van der Waals surface area contributed by atoms with E-state index in [9.17, 15) is 13.6 Å². The minimum atomic E-state index is -3.72. The van der Waals surface area contributed by atoms with Crippen LogP contribution in [0.4, 0.5) is 8.78 Å². The van der Waals surface area contributed by atoms with Gasteiger partial charge in [0.2, 0.25) is 0 Å². The van der Waals surface area contributed by atoms with Crippen LogP contribution in [0, 0.1) is 0 Å². The van der Waals surface area contributed by atoms with E-state index in [1.807, 2.05) is 6.92 Å². The standard InChI is InChI=1S/C8H10F2N2O2/c1-2-12-5-6(4-11-12)3-8(9,10)7(13)14/h4-5H,2-3H2,1H3,(H,13,14). The molecule has 0 saturated heterocycles. The molecule has 0 aliphatic rings. The average molecular weight is 204 g/mol. The van der Waals surface area contributed by atoms with Crippen LogP contribution in [0.25, 0.3) is 0 Å². The van der Waals surface area contributed by atoms with Crippen molar-refractivity contribution < 1.29 is 18.7 Å². The van der Waals surface area contributed by atoms with E-state index in [0.717, 1.165) is 0 Å². The van der Waals surface area contributed by atoms with Gasteiger partial charge in [-0.15, -0.1) is 0 Å². The highest BCUT2D eigenvalue weighted by molar-refractivity contribution is 5.75. The molecular formula is C8H10F2N2O2. The van der Waals surface area contributed by atoms with E-state index in [2.05, 4.69) is 5.10 Å². The zero-order valence-corrected chi connectivity index (χ0v) is 7.57. The van der Waals surface area contributed by atoms with Crippen LogP contribution in [0.5, 0.6) is 0 Å². The fourth-order valence-corrected chi connectivity index (χ4v) is 1.00. The number of aromatic nitrogens is 2. The summed E-state index contributed by atoms with van der Waals surface area (Å²) in [5.41, 5.74) is 0.222. The number of alkyl halides is 2. The summed E-state index contributed by atoms with van der Waals surface area (Å²) < 4.78 is 26.9. The van der Waals surface area contributed by atoms with Crippen molar-refractivity contribution in [3.8, 4) is 0 Å². The molecule has 0 bridgehead atoms. The lowest BCUT2D eigenvalue weighted by molar-refractivity contribution is -0.164. The molecule has 0 unspecified atom stereocenters. The fourth-order valence-electron chi connectivity index (χ4n) is 1.00. The Morgan fingerprint density at radius 3 is 2.79 bits per heavy atom. The molecule has 1 aromatic heterocycles. The van der Waals surface area contributed by atoms with Crippen LogP contribution in [0.2, 0.25) is 0 Å². The summed E-state index contributed by atoms with van der Waals surface area (Å²) >= 11 is 0. The van der Waals surface area contributed by atoms with Gasteiger partial charge in [-0.05, 0) is 12.5 Å². The van der Waals surface area contributed by atoms with Gasteiger partial charge in [0.1, 0.15) is 0 Å². The molecule has 1 heterocycles. The van der Waals surface area contributed by atoms with Gasteiger partial charge >= 0.3 is 11.9 Å². The molecule has 0 amide bonds. The number of aliphatic carboxylic acids is 1. The average Bonchev–Trinajstić information content (AvgIpc) is 2.51. The Bertz CT molecular complexity index is 336. The second-order valence-corrected chi connectivity index (χ2v) is 2.89. The molecule has 0 radical (unpaired) electrons. The summed E-state index contributed by atoms with van der Waals surface area (Å²) in [7, 11) is 0. The number of rotatable bonds is 4. The molecule has 78 valence electrons. The first-order chi connectivity index (χ1) is 6.45. The van der Waals surface area contributed by atoms with Gasteiger partial charge in [0, 0.05) is 12.7 Å². The lowest BCUT2D eigenvalue weighted by Crippen LogP contribution is -2.30. The number of aryl methyl sites for hydroxylation is 1. The molecular weight excluding hydrogens is 194 g/mol. The van der Waals surface area contributed by atoms with Crippen LogP contribution in [-0.4, -0.2) is 26.8 Å². The summed E-state index contributed by atoms with van der Waals surface area (Å²) in [6.07, 6.45) is 1.85. The zero-order chi connectivity index (χ0) is 10.8. The van der Waals surface area contributed by atoms with Gasteiger partial charge in [0.25, 0.3) is 0 Å². The first-order valence-electron chi connectivity index (χ1n) is 4.08. The third-order valence-corrected chi connectivity index (χ3v) is 1.75. The molecule has 6 heteroatoms. The highest BCUT2D eigenvalue weighted by Crippen LogP contribution is 2.19. The van der Waals surface area contributed by atoms with E-state index < -0.39 is 18.3 Å². The first kappa shape index (κ1) is 10.6. The van der Waals surface area contributed by atoms with Crippen molar-refractivity contribution in [3.63, 3.8) is 0 Å². The topological polar surface area (TPSA) is 55.1 Å². The Morgan fingerprint density at radius 2 is 2.36 bits per heavy atom. The van der Waals surface area contributed by atoms with E-state index >= 15 is 0 Å². The largest absolute Gasteiger partial charge is 0.477 e. The Hall–Kier alpha value is -1.46. The van der Waals surface area contributed by atoms with Crippen molar-refractivity contribution >= 4 is 5.97 Å². The zero-order valence-electron chi connectivity index (χ0n) is 7.57. The molecule has 4 nitrogen and oxygen atoms in total. The van der Waals surface area contributed by atoms with E-state index in [-0.39, 0.29) is 5.56 Å². The van der Waals surface area contributed by atoms with Gasteiger partial charge < -0.3 is 5.11 Å². The smallest absolute Gasteiger partial charge is 0.374 e. The maximum atomic E-state index is 12.7. The van der Waals surface area contributed by atoms with E-state index in [4.69, 9.17) is 5.11 Å². The second kappa shape index (κ2) is 3.73. The molecule has 0 aliphatic carbocycles. The Balaban J connectivity index is 2.73. The molecule has 1 aromatic rings. The van der Waals surface area contributed by atoms with Crippen molar-refractivity contribution in [3.05, 3.63) is 18.0 Å². The molecule has 0 spiro atoms. The summed E-state index contributed by atoms with van der Waals surface area (Å²) in [5, 5.41) is 12.0. The van der Waals surface area contributed by atoms with Gasteiger partial charge in [-0.25, -0.2) is 4.79 Å². The molecule has 0 fully saturated rings. The highest BCUT2D eigenvalue weighted by Gasteiger charge is 2.39. The van der Waals surface area contributed by atoms with Crippen LogP contribution in [0.3, 0.4) is 0 Å². The molecule has 0 aliphatic heterocycles. The number of hydrogen-bond acceptors (Lipinski definition) is 2. The number of carboxylic acid groups (broad SMARTS) is 1. The Labute approximate surface area is 79.2 Å². The van der Waals surface area contributed by atoms with Gasteiger partial charge in [-0.1, -0.05) is 0 Å². The Morgan fingerprint density at radius 1 is 1.71 bits per heavy atom. The third kappa shape index (κ3) is 2.27. The van der Waals surface area contributed by atoms with Crippen molar-refractivity contribution in [2.24, 2.45) is 0 Å². The molecule has 0 saturated carbocycles. The normalized spacial score (nSPS) is 11.6. The minimum Gasteiger partial charge on any atom is -0.477 e. The molecule has 1 N–H and O–H groups in total. The lowest BCUT2D eigenvalue weighted by Gasteiger charge is -2.08. The van der Waals surface area contributed by atoms with Crippen LogP contribution in [0.15, 0.2) is 12.4 Å². The van der Waals surface area contributed by atoms with Crippen LogP contribution >= 0.6 is 0 Å². The summed E-state index contributed by atoms with van der Waals surface area (Å²) in [6, 6.07) is 0. The van der Waals surface area contributed by atoms with Crippen molar-refractivity contribution in [1.29, 1.82) is 0 Å². The SMILES string of the molecule is CCn1cc(CC(F)(F)C(=O)O)cn1. The van der Waals surface area contributed by atoms with E-state index in [1.165, 1.54) is 17.1 Å². The van der Waals surface area contributed by atoms with Gasteiger partial charge in [0.05, 0.1) is 12.6 Å². The van der Waals surface area contributed by atoms with E-state index in [1.54, 1.807) is 0 Å². The number of carbonyl (C=O) groups is 1. The Kier molecular flexibility index (Phi) is 2.83. The number of halogens is 2. The third-order valence-electron chi connectivity index (χ3n) is 1.75. The van der Waals surface area contributed by atoms with Crippen molar-refractivity contribution in [2.45, 2.75) is 25.8 Å². The van der Waals surface area contributed by atoms with Gasteiger partial charge in [-0.2, -0.15) is 13.9 Å². The number of hydrogen-bond donors (Lipinski definition) is 1. The van der Waals surface area contributed by atoms with Gasteiger partial charge in [0.15, 0.2) is 0 Å². The maximum Gasteiger partial charge on any atom is 0.374 e. The summed E-state index contributed by atoms with van der Waals surface area (Å²) in [5.74, 6) is -5.83. The van der Waals surface area contributed by atoms with Crippen LogP contribution in [0.1, 0.15) is 12.5 Å². The lowest BCUT2D eigenvalue weighted by atomic mass is 10.1. The van der Waals surface area contributed by atoms with Crippen LogP contribution in [-0.2, 0) is 17.8 Å². The molecule has 0 aromatic carbocycles. The molecule has 14 heavy (non-hydrogen) atoms. The second-order valence-electron chi connectivity index (χ2n) is 2.89. The quantitative estimate of drug-likeness (QED) is 0.800. The number of nitrogens with zero attached hydrogens (tertiary/aromatic N) is 2. The van der Waals surface area contributed by atoms with Crippen molar-refractivity contribution in [2.75, 3.05) is 0 Å². The highest BCUT2D eigenvalue weighted by atomic mass is 19.3. The van der Waals surface area contributed by atoms with Crippen LogP contribution < -0.4 is 0 Å². The predicted octanol–water partition coefficient (Wildman–Crippen LogP) is 1.17. The van der Waals surface area contributed by atoms with Crippen molar-refractivity contribution in [1.82, 2.24) is 9.78 Å². The predicted molar refractivity (Wildman–Crippen MR) is 44.2 cm³/mol. The minimum absolute atomic E-state index is 0.222. The monoisotopic (exact) mass is 204 g/mol. The molecule has 0 atom stereocenters. The first-order valence-corrected chi connectivity index (χ1v) is 4.08. The van der Waals surface area contributed by atoms with Gasteiger partial charge in [-0.3, -0.25) is 4.68 Å². The molecule has 1 rings (SSSR count). The fraction of sp³-hybridized carbons (Fsp3) is 0.500. The van der Waals surface area contributed by atoms with E-state index in [0.29, 0.717) is 6.54 Å². The summed E-state index contributed by atoms with van der Waals surface area (Å²) in [6.45, 7) is 2.38. The maximum absolute atomic E-state index is 12.7. The number of carboxylic acids is 1. The summed E-state index contributed by atoms with van der Waals surface area (Å²) in [4.78, 5) is 10.1.